The monoisotopic (exact) mass is 514 g/mol. The van der Waals surface area contributed by atoms with E-state index in [2.05, 4.69) is 73.0 Å². The van der Waals surface area contributed by atoms with E-state index >= 15 is 0 Å². The fourth-order valence-electron chi connectivity index (χ4n) is 4.40. The number of anilines is 2. The number of nitrogens with zero attached hydrogens (tertiary/aromatic N) is 2. The van der Waals surface area contributed by atoms with Crippen LogP contribution < -0.4 is 15.5 Å². The van der Waals surface area contributed by atoms with Gasteiger partial charge >= 0.3 is 0 Å². The van der Waals surface area contributed by atoms with Gasteiger partial charge in [-0.05, 0) is 87.1 Å². The summed E-state index contributed by atoms with van der Waals surface area (Å²) < 4.78 is 0. The van der Waals surface area contributed by atoms with E-state index in [1.807, 2.05) is 36.4 Å². The zero-order chi connectivity index (χ0) is 27.9. The number of benzene rings is 2. The van der Waals surface area contributed by atoms with Gasteiger partial charge in [-0.25, -0.2) is 0 Å². The smallest absolute Gasteiger partial charge is 0.159 e. The van der Waals surface area contributed by atoms with Crippen molar-refractivity contribution in [3.05, 3.63) is 83.7 Å². The van der Waals surface area contributed by atoms with E-state index in [0.717, 1.165) is 61.1 Å². The first-order chi connectivity index (χ1) is 17.9. The Hall–Kier alpha value is -3.67. The molecule has 2 aliphatic rings. The van der Waals surface area contributed by atoms with Crippen molar-refractivity contribution in [3.8, 4) is 0 Å². The number of piperidine rings is 1. The molecule has 38 heavy (non-hydrogen) atoms. The summed E-state index contributed by atoms with van der Waals surface area (Å²) in [4.78, 5) is 29.3. The number of hydrogen-bond donors (Lipinski definition) is 2. The zero-order valence-electron chi connectivity index (χ0n) is 23.7. The molecule has 0 radical (unpaired) electrons. The van der Waals surface area contributed by atoms with Gasteiger partial charge in [0.05, 0.1) is 6.54 Å². The molecular weight excluding hydrogens is 472 g/mol. The number of carbonyl (C=O) groups is 2. The van der Waals surface area contributed by atoms with Crippen LogP contribution in [0.2, 0.25) is 0 Å². The lowest BCUT2D eigenvalue weighted by Gasteiger charge is -2.32. The van der Waals surface area contributed by atoms with Crippen LogP contribution in [0, 0.1) is 18.3 Å². The Kier molecular flexibility index (Phi) is 9.67. The average Bonchev–Trinajstić information content (AvgIpc) is 3.35. The number of hydrogen-bond acceptors (Lipinski definition) is 6. The van der Waals surface area contributed by atoms with E-state index < -0.39 is 0 Å². The first-order valence-electron chi connectivity index (χ1n) is 13.3. The molecule has 0 atom stereocenters. The van der Waals surface area contributed by atoms with Crippen molar-refractivity contribution in [1.82, 2.24) is 5.32 Å². The van der Waals surface area contributed by atoms with Crippen molar-refractivity contribution < 1.29 is 9.59 Å². The van der Waals surface area contributed by atoms with Gasteiger partial charge in [-0.15, -0.1) is 0 Å². The van der Waals surface area contributed by atoms with Crippen LogP contribution in [0.15, 0.2) is 77.6 Å². The molecule has 0 spiro atoms. The van der Waals surface area contributed by atoms with Gasteiger partial charge in [0.15, 0.2) is 5.78 Å². The van der Waals surface area contributed by atoms with E-state index in [0.29, 0.717) is 5.78 Å². The second-order valence-electron chi connectivity index (χ2n) is 11.2. The van der Waals surface area contributed by atoms with Gasteiger partial charge in [0, 0.05) is 35.9 Å². The van der Waals surface area contributed by atoms with E-state index in [9.17, 15) is 9.59 Å². The summed E-state index contributed by atoms with van der Waals surface area (Å²) in [6.07, 6.45) is 3.98. The lowest BCUT2D eigenvalue weighted by molar-refractivity contribution is -0.121. The van der Waals surface area contributed by atoms with E-state index in [4.69, 9.17) is 0 Å². The topological polar surface area (TPSA) is 73.8 Å². The molecule has 0 aliphatic carbocycles. The van der Waals surface area contributed by atoms with Crippen LogP contribution in [0.3, 0.4) is 0 Å². The van der Waals surface area contributed by atoms with Crippen molar-refractivity contribution in [1.29, 1.82) is 0 Å². The van der Waals surface area contributed by atoms with Crippen LogP contribution >= 0.6 is 0 Å². The van der Waals surface area contributed by atoms with Gasteiger partial charge in [0.1, 0.15) is 17.4 Å². The molecule has 0 aromatic heterocycles. The Morgan fingerprint density at radius 2 is 1.55 bits per heavy atom. The Labute approximate surface area is 227 Å². The van der Waals surface area contributed by atoms with Gasteiger partial charge in [-0.2, -0.15) is 0 Å². The summed E-state index contributed by atoms with van der Waals surface area (Å²) in [5.74, 6) is 2.25. The third-order valence-corrected chi connectivity index (χ3v) is 7.03. The van der Waals surface area contributed by atoms with E-state index in [-0.39, 0.29) is 17.1 Å². The Balaban J connectivity index is 0.000000212. The molecule has 2 N–H and O–H groups in total. The number of amidine groups is 1. The van der Waals surface area contributed by atoms with Gasteiger partial charge in [-0.1, -0.05) is 45.0 Å². The molecule has 2 aromatic rings. The molecule has 0 bridgehead atoms. The minimum Gasteiger partial charge on any atom is -0.371 e. The summed E-state index contributed by atoms with van der Waals surface area (Å²) in [6, 6.07) is 15.9. The largest absolute Gasteiger partial charge is 0.371 e. The highest BCUT2D eigenvalue weighted by Gasteiger charge is 2.22. The first kappa shape index (κ1) is 28.9. The Morgan fingerprint density at radius 1 is 0.947 bits per heavy atom. The summed E-state index contributed by atoms with van der Waals surface area (Å²) in [5, 5.41) is 6.45. The summed E-state index contributed by atoms with van der Waals surface area (Å²) in [7, 11) is 0. The van der Waals surface area contributed by atoms with E-state index in [1.165, 1.54) is 11.1 Å². The summed E-state index contributed by atoms with van der Waals surface area (Å²) in [5.41, 5.74) is 5.65. The fourth-order valence-corrected chi connectivity index (χ4v) is 4.40. The normalized spacial score (nSPS) is 15.6. The van der Waals surface area contributed by atoms with Crippen LogP contribution in [-0.2, 0) is 4.79 Å². The first-order valence-corrected chi connectivity index (χ1v) is 13.3. The minimum atomic E-state index is 0.0943. The predicted octanol–water partition coefficient (Wildman–Crippen LogP) is 6.55. The zero-order valence-corrected chi connectivity index (χ0v) is 23.7. The lowest BCUT2D eigenvalue weighted by Crippen LogP contribution is -2.35. The molecule has 2 aliphatic heterocycles. The summed E-state index contributed by atoms with van der Waals surface area (Å²) in [6.45, 7) is 18.5. The molecular formula is C32H42N4O2. The fraction of sp³-hybridized carbons (Fsp3) is 0.406. The third kappa shape index (κ3) is 8.44. The second-order valence-corrected chi connectivity index (χ2v) is 11.2. The molecule has 0 saturated carbocycles. The van der Waals surface area contributed by atoms with Gasteiger partial charge in [0.2, 0.25) is 0 Å². The molecule has 6 heteroatoms. The maximum absolute atomic E-state index is 11.3. The average molecular weight is 515 g/mol. The minimum absolute atomic E-state index is 0.0943. The molecule has 6 nitrogen and oxygen atoms in total. The second kappa shape index (κ2) is 12.7. The predicted molar refractivity (Wildman–Crippen MR) is 159 cm³/mol. The molecule has 2 aromatic carbocycles. The van der Waals surface area contributed by atoms with Crippen LogP contribution in [0.25, 0.3) is 0 Å². The number of aryl methyl sites for hydroxylation is 1. The number of carbonyl (C=O) groups excluding carboxylic acids is 2. The number of rotatable bonds is 6. The quantitative estimate of drug-likeness (QED) is 0.428. The lowest BCUT2D eigenvalue weighted by atomic mass is 9.87. The van der Waals surface area contributed by atoms with Crippen molar-refractivity contribution in [2.24, 2.45) is 16.3 Å². The van der Waals surface area contributed by atoms with Crippen molar-refractivity contribution in [2.45, 2.75) is 54.4 Å². The summed E-state index contributed by atoms with van der Waals surface area (Å²) >= 11 is 0. The number of nitrogens with one attached hydrogen (secondary N) is 2. The maximum atomic E-state index is 11.3. The van der Waals surface area contributed by atoms with Crippen molar-refractivity contribution in [3.63, 3.8) is 0 Å². The molecule has 2 heterocycles. The van der Waals surface area contributed by atoms with Crippen LogP contribution in [-0.4, -0.2) is 37.0 Å². The van der Waals surface area contributed by atoms with Gasteiger partial charge < -0.3 is 15.5 Å². The number of aliphatic imine (C=N–C) groups is 1. The highest BCUT2D eigenvalue weighted by atomic mass is 16.1. The number of ketones is 2. The standard InChI is InChI=1S/C17H23N3.C15H19NO2/c1-12-6-8-15(9-7-12)19-13(2)20-16-10-14(11-18-16)17(3,4)5;1-11(17)13-3-5-15(6-4-13)16-9-7-14(8-10-16)12(2)18/h6-10,19H,2,11H2,1,3-5H3,(H,18,20);3-6,14H,7-10H2,1-2H3. The molecule has 0 amide bonds. The van der Waals surface area contributed by atoms with Gasteiger partial charge in [0.25, 0.3) is 0 Å². The molecule has 1 saturated heterocycles. The van der Waals surface area contributed by atoms with Crippen LogP contribution in [0.1, 0.15) is 63.4 Å². The molecule has 4 rings (SSSR count). The van der Waals surface area contributed by atoms with Crippen LogP contribution in [0.5, 0.6) is 0 Å². The molecule has 202 valence electrons. The SMILES string of the molecule is C=C(NC1=NCC(C(C)(C)C)=C1)Nc1ccc(C)cc1.CC(=O)c1ccc(N2CCC(C(C)=O)CC2)cc1. The van der Waals surface area contributed by atoms with Gasteiger partial charge in [-0.3, -0.25) is 14.6 Å². The number of Topliss-reactive ketones (excluding diaryl/α,β-unsaturated/α-hetero) is 2. The maximum Gasteiger partial charge on any atom is 0.159 e. The van der Waals surface area contributed by atoms with E-state index in [1.54, 1.807) is 13.8 Å². The highest BCUT2D eigenvalue weighted by Crippen LogP contribution is 2.28. The molecule has 1 fully saturated rings. The Morgan fingerprint density at radius 3 is 2.05 bits per heavy atom. The third-order valence-electron chi connectivity index (χ3n) is 7.03. The Bertz CT molecular complexity index is 1190. The highest BCUT2D eigenvalue weighted by molar-refractivity contribution is 5.97. The molecule has 0 unspecified atom stereocenters. The van der Waals surface area contributed by atoms with Crippen molar-refractivity contribution in [2.75, 3.05) is 29.9 Å². The van der Waals surface area contributed by atoms with Crippen molar-refractivity contribution >= 4 is 28.8 Å². The van der Waals surface area contributed by atoms with Crippen LogP contribution in [0.4, 0.5) is 11.4 Å².